The van der Waals surface area contributed by atoms with Crippen molar-refractivity contribution in [1.29, 1.82) is 0 Å². The number of nitrogens with one attached hydrogen (secondary N) is 2. The number of para-hydroxylation sites is 1. The number of phenols is 1. The quantitative estimate of drug-likeness (QED) is 0.679. The van der Waals surface area contributed by atoms with Gasteiger partial charge in [-0.1, -0.05) is 12.1 Å². The van der Waals surface area contributed by atoms with Crippen molar-refractivity contribution in [2.75, 3.05) is 18.4 Å². The molecule has 4 nitrogen and oxygen atoms in total. The van der Waals surface area contributed by atoms with Gasteiger partial charge in [-0.2, -0.15) is 0 Å². The zero-order valence-electron chi connectivity index (χ0n) is 9.99. The molecule has 0 spiro atoms. The predicted molar refractivity (Wildman–Crippen MR) is 67.1 cm³/mol. The first-order valence-electron chi connectivity index (χ1n) is 5.96. The van der Waals surface area contributed by atoms with Crippen molar-refractivity contribution in [3.8, 4) is 5.75 Å². The summed E-state index contributed by atoms with van der Waals surface area (Å²) in [5.74, 6) is 0.782. The second-order valence-corrected chi connectivity index (χ2v) is 4.59. The number of hydrogen-bond acceptors (Lipinski definition) is 3. The lowest BCUT2D eigenvalue weighted by atomic mass is 10.2. The van der Waals surface area contributed by atoms with Gasteiger partial charge in [0, 0.05) is 0 Å². The molecule has 0 aromatic heterocycles. The Balaban J connectivity index is 1.82. The summed E-state index contributed by atoms with van der Waals surface area (Å²) in [6, 6.07) is 5.31. The summed E-state index contributed by atoms with van der Waals surface area (Å²) < 4.78 is 0. The average Bonchev–Trinajstić information content (AvgIpc) is 3.09. The maximum Gasteiger partial charge on any atom is 0.238 e. The minimum atomic E-state index is -0.119. The zero-order valence-corrected chi connectivity index (χ0v) is 9.99. The van der Waals surface area contributed by atoms with Gasteiger partial charge in [-0.05, 0) is 43.9 Å². The Kier molecular flexibility index (Phi) is 3.64. The molecule has 0 heterocycles. The van der Waals surface area contributed by atoms with Crippen LogP contribution in [0.2, 0.25) is 0 Å². The molecule has 0 atom stereocenters. The van der Waals surface area contributed by atoms with Crippen molar-refractivity contribution >= 4 is 11.6 Å². The van der Waals surface area contributed by atoms with E-state index in [1.54, 1.807) is 19.1 Å². The topological polar surface area (TPSA) is 61.4 Å². The Hall–Kier alpha value is -1.55. The third-order valence-corrected chi connectivity index (χ3v) is 2.93. The number of rotatable bonds is 5. The Morgan fingerprint density at radius 2 is 2.24 bits per heavy atom. The summed E-state index contributed by atoms with van der Waals surface area (Å²) in [5, 5.41) is 15.5. The summed E-state index contributed by atoms with van der Waals surface area (Å²) in [6.45, 7) is 3.01. The first kappa shape index (κ1) is 11.9. The molecule has 92 valence electrons. The molecular weight excluding hydrogens is 216 g/mol. The van der Waals surface area contributed by atoms with E-state index >= 15 is 0 Å². The molecule has 0 unspecified atom stereocenters. The molecule has 3 N–H and O–H groups in total. The van der Waals surface area contributed by atoms with Crippen molar-refractivity contribution in [3.63, 3.8) is 0 Å². The molecule has 1 fully saturated rings. The van der Waals surface area contributed by atoms with E-state index in [0.29, 0.717) is 12.2 Å². The summed E-state index contributed by atoms with van der Waals surface area (Å²) in [5.41, 5.74) is 1.23. The lowest BCUT2D eigenvalue weighted by Crippen LogP contribution is -2.29. The van der Waals surface area contributed by atoms with Crippen molar-refractivity contribution < 1.29 is 9.90 Å². The van der Waals surface area contributed by atoms with Crippen LogP contribution < -0.4 is 10.6 Å². The molecule has 2 rings (SSSR count). The van der Waals surface area contributed by atoms with E-state index in [-0.39, 0.29) is 11.7 Å². The number of aromatic hydroxyl groups is 1. The van der Waals surface area contributed by atoms with E-state index < -0.39 is 0 Å². The fourth-order valence-electron chi connectivity index (χ4n) is 1.67. The lowest BCUT2D eigenvalue weighted by Gasteiger charge is -2.09. The van der Waals surface area contributed by atoms with Crippen molar-refractivity contribution in [1.82, 2.24) is 5.32 Å². The highest BCUT2D eigenvalue weighted by atomic mass is 16.3. The Morgan fingerprint density at radius 3 is 2.94 bits per heavy atom. The molecule has 0 aliphatic heterocycles. The van der Waals surface area contributed by atoms with Crippen LogP contribution in [-0.4, -0.2) is 24.1 Å². The first-order valence-corrected chi connectivity index (χ1v) is 5.96. The van der Waals surface area contributed by atoms with Gasteiger partial charge < -0.3 is 15.7 Å². The van der Waals surface area contributed by atoms with Gasteiger partial charge in [0.15, 0.2) is 0 Å². The third-order valence-electron chi connectivity index (χ3n) is 2.93. The fraction of sp³-hybridized carbons (Fsp3) is 0.462. The van der Waals surface area contributed by atoms with Crippen LogP contribution in [0.25, 0.3) is 0 Å². The Labute approximate surface area is 101 Å². The third kappa shape index (κ3) is 3.46. The van der Waals surface area contributed by atoms with E-state index in [4.69, 9.17) is 0 Å². The molecule has 1 aliphatic carbocycles. The zero-order chi connectivity index (χ0) is 12.3. The van der Waals surface area contributed by atoms with Crippen LogP contribution in [-0.2, 0) is 4.79 Å². The molecule has 0 bridgehead atoms. The second-order valence-electron chi connectivity index (χ2n) is 4.59. The molecule has 1 aromatic rings. The molecule has 4 heteroatoms. The molecule has 1 saturated carbocycles. The largest absolute Gasteiger partial charge is 0.505 e. The number of carbonyl (C=O) groups is 1. The second kappa shape index (κ2) is 5.19. The van der Waals surface area contributed by atoms with Crippen LogP contribution in [0.5, 0.6) is 5.75 Å². The van der Waals surface area contributed by atoms with Crippen LogP contribution in [0.15, 0.2) is 18.2 Å². The first-order chi connectivity index (χ1) is 8.16. The van der Waals surface area contributed by atoms with Crippen LogP contribution in [0.4, 0.5) is 5.69 Å². The maximum atomic E-state index is 11.6. The maximum absolute atomic E-state index is 11.6. The molecule has 17 heavy (non-hydrogen) atoms. The minimum absolute atomic E-state index is 0.119. The van der Waals surface area contributed by atoms with Gasteiger partial charge in [-0.15, -0.1) is 0 Å². The number of benzene rings is 1. The van der Waals surface area contributed by atoms with Crippen LogP contribution in [0.1, 0.15) is 18.4 Å². The molecule has 1 amide bonds. The summed E-state index contributed by atoms with van der Waals surface area (Å²) in [7, 11) is 0. The summed E-state index contributed by atoms with van der Waals surface area (Å²) in [4.78, 5) is 11.6. The molecular formula is C13H18N2O2. The smallest absolute Gasteiger partial charge is 0.238 e. The lowest BCUT2D eigenvalue weighted by molar-refractivity contribution is -0.115. The van der Waals surface area contributed by atoms with Crippen LogP contribution in [0, 0.1) is 12.8 Å². The fourth-order valence-corrected chi connectivity index (χ4v) is 1.67. The standard InChI is InChI=1S/C13H18N2O2/c1-9-3-2-4-11(13(9)17)15-12(16)8-14-7-10-5-6-10/h2-4,10,14,17H,5-8H2,1H3,(H,15,16). The highest BCUT2D eigenvalue weighted by Gasteiger charge is 2.20. The van der Waals surface area contributed by atoms with Gasteiger partial charge in [0.25, 0.3) is 0 Å². The van der Waals surface area contributed by atoms with E-state index in [0.717, 1.165) is 18.0 Å². The predicted octanol–water partition coefficient (Wildman–Crippen LogP) is 1.64. The number of carbonyl (C=O) groups excluding carboxylic acids is 1. The van der Waals surface area contributed by atoms with Gasteiger partial charge in [0.05, 0.1) is 12.2 Å². The van der Waals surface area contributed by atoms with Gasteiger partial charge in [0.1, 0.15) is 5.75 Å². The average molecular weight is 234 g/mol. The van der Waals surface area contributed by atoms with Gasteiger partial charge in [0.2, 0.25) is 5.91 Å². The number of phenolic OH excluding ortho intramolecular Hbond substituents is 1. The van der Waals surface area contributed by atoms with Gasteiger partial charge in [-0.3, -0.25) is 4.79 Å². The highest BCUT2D eigenvalue weighted by Crippen LogP contribution is 2.27. The van der Waals surface area contributed by atoms with Crippen LogP contribution >= 0.6 is 0 Å². The summed E-state index contributed by atoms with van der Waals surface area (Å²) >= 11 is 0. The number of hydrogen-bond donors (Lipinski definition) is 3. The molecule has 1 aliphatic rings. The van der Waals surface area contributed by atoms with Gasteiger partial charge >= 0.3 is 0 Å². The normalized spacial score (nSPS) is 14.6. The number of aryl methyl sites for hydroxylation is 1. The Morgan fingerprint density at radius 1 is 1.47 bits per heavy atom. The van der Waals surface area contributed by atoms with Crippen molar-refractivity contribution in [2.45, 2.75) is 19.8 Å². The number of anilines is 1. The van der Waals surface area contributed by atoms with Crippen LogP contribution in [0.3, 0.4) is 0 Å². The van der Waals surface area contributed by atoms with E-state index in [9.17, 15) is 9.90 Å². The van der Waals surface area contributed by atoms with Gasteiger partial charge in [-0.25, -0.2) is 0 Å². The van der Waals surface area contributed by atoms with Crippen molar-refractivity contribution in [2.24, 2.45) is 5.92 Å². The summed E-state index contributed by atoms with van der Waals surface area (Å²) in [6.07, 6.45) is 2.54. The highest BCUT2D eigenvalue weighted by molar-refractivity contribution is 5.93. The van der Waals surface area contributed by atoms with Crippen molar-refractivity contribution in [3.05, 3.63) is 23.8 Å². The monoisotopic (exact) mass is 234 g/mol. The molecule has 0 radical (unpaired) electrons. The van der Waals surface area contributed by atoms with E-state index in [1.807, 2.05) is 6.07 Å². The minimum Gasteiger partial charge on any atom is -0.505 e. The SMILES string of the molecule is Cc1cccc(NC(=O)CNCC2CC2)c1O. The Bertz CT molecular complexity index is 414. The van der Waals surface area contributed by atoms with E-state index in [1.165, 1.54) is 12.8 Å². The van der Waals surface area contributed by atoms with E-state index in [2.05, 4.69) is 10.6 Å². The number of amides is 1. The molecule has 1 aromatic carbocycles. The molecule has 0 saturated heterocycles.